The largest absolute Gasteiger partial charge is 0.135 e. The van der Waals surface area contributed by atoms with Crippen molar-refractivity contribution in [3.63, 3.8) is 0 Å². The van der Waals surface area contributed by atoms with Crippen LogP contribution in [-0.2, 0) is 0 Å². The van der Waals surface area contributed by atoms with Crippen molar-refractivity contribution in [3.05, 3.63) is 217 Å². The molecule has 0 N–H and O–H groups in total. The van der Waals surface area contributed by atoms with Gasteiger partial charge < -0.3 is 0 Å². The lowest BCUT2D eigenvalue weighted by Gasteiger charge is -2.19. The third-order valence-corrected chi connectivity index (χ3v) is 18.8. The summed E-state index contributed by atoms with van der Waals surface area (Å²) >= 11 is 1.91. The minimum atomic E-state index is 1.28. The number of aryl methyl sites for hydroxylation is 2. The lowest BCUT2D eigenvalue weighted by Crippen LogP contribution is -1.92. The molecule has 1 heterocycles. The first-order chi connectivity index (χ1) is 36.1. The monoisotopic (exact) mass is 936 g/mol. The van der Waals surface area contributed by atoms with Crippen molar-refractivity contribution in [1.29, 1.82) is 0 Å². The fourth-order valence-electron chi connectivity index (χ4n) is 14.5. The van der Waals surface area contributed by atoms with Gasteiger partial charge in [0.2, 0.25) is 0 Å². The second-order valence-electron chi connectivity index (χ2n) is 20.9. The Morgan fingerprint density at radius 1 is 0.219 bits per heavy atom. The van der Waals surface area contributed by atoms with Crippen molar-refractivity contribution in [1.82, 2.24) is 0 Å². The SMILES string of the molecule is Cc1ccccc1-c1c2cc3c(cc2c(-c2ccccc2C)c2c4ccc5c6ccc7c8c(ccc(c9ccc(c12)c4c95)c86)-c1ccccc1-7)c1ccc(-c2cccc4c2sc2ccccc24)c2cccc3c21. The van der Waals surface area contributed by atoms with E-state index in [1.165, 1.54) is 195 Å². The maximum absolute atomic E-state index is 2.59. The maximum atomic E-state index is 2.59. The highest BCUT2D eigenvalue weighted by molar-refractivity contribution is 7.26. The molecule has 0 radical (unpaired) electrons. The molecule has 0 amide bonds. The number of hydrogen-bond acceptors (Lipinski definition) is 1. The normalized spacial score (nSPS) is 12.8. The van der Waals surface area contributed by atoms with Gasteiger partial charge in [-0.25, -0.2) is 0 Å². The Kier molecular flexibility index (Phi) is 7.20. The average Bonchev–Trinajstić information content (AvgIpc) is 4.25. The van der Waals surface area contributed by atoms with Gasteiger partial charge in [-0.15, -0.1) is 11.3 Å². The molecule has 1 aliphatic carbocycles. The first-order valence-electron chi connectivity index (χ1n) is 25.7. The zero-order chi connectivity index (χ0) is 47.5. The molecule has 17 aromatic rings. The Morgan fingerprint density at radius 3 is 1.25 bits per heavy atom. The average molecular weight is 937 g/mol. The van der Waals surface area contributed by atoms with Crippen LogP contribution in [0.5, 0.6) is 0 Å². The zero-order valence-corrected chi connectivity index (χ0v) is 40.9. The lowest BCUT2D eigenvalue weighted by molar-refractivity contribution is 1.47. The predicted octanol–water partition coefficient (Wildman–Crippen LogP) is 21.2. The second kappa shape index (κ2) is 13.5. The molecule has 18 rings (SSSR count). The molecular weight excluding hydrogens is 897 g/mol. The molecule has 16 aromatic carbocycles. The summed E-state index contributed by atoms with van der Waals surface area (Å²) in [6, 6.07) is 79.4. The van der Waals surface area contributed by atoms with Crippen LogP contribution in [0, 0.1) is 13.8 Å². The molecule has 0 saturated heterocycles. The Morgan fingerprint density at radius 2 is 0.630 bits per heavy atom. The fourth-order valence-corrected chi connectivity index (χ4v) is 15.8. The third-order valence-electron chi connectivity index (χ3n) is 17.5. The van der Waals surface area contributed by atoms with Crippen LogP contribution in [0.1, 0.15) is 11.1 Å². The zero-order valence-electron chi connectivity index (χ0n) is 40.0. The van der Waals surface area contributed by atoms with E-state index in [1.54, 1.807) is 0 Å². The van der Waals surface area contributed by atoms with Crippen LogP contribution in [0.25, 0.3) is 184 Å². The first-order valence-corrected chi connectivity index (χ1v) is 26.5. The molecule has 1 aliphatic rings. The van der Waals surface area contributed by atoms with E-state index in [0.717, 1.165) is 0 Å². The van der Waals surface area contributed by atoms with Crippen molar-refractivity contribution in [2.75, 3.05) is 0 Å². The summed E-state index contributed by atoms with van der Waals surface area (Å²) in [5.41, 5.74) is 15.8. The van der Waals surface area contributed by atoms with E-state index in [-0.39, 0.29) is 0 Å². The van der Waals surface area contributed by atoms with Gasteiger partial charge in [-0.3, -0.25) is 0 Å². The molecule has 1 heteroatoms. The summed E-state index contributed by atoms with van der Waals surface area (Å²) in [5.74, 6) is 0. The van der Waals surface area contributed by atoms with Crippen LogP contribution in [0.4, 0.5) is 0 Å². The minimum Gasteiger partial charge on any atom is -0.135 e. The van der Waals surface area contributed by atoms with Crippen molar-refractivity contribution >= 4 is 139 Å². The summed E-state index contributed by atoms with van der Waals surface area (Å²) < 4.78 is 2.69. The molecule has 0 spiro atoms. The van der Waals surface area contributed by atoms with E-state index < -0.39 is 0 Å². The van der Waals surface area contributed by atoms with Crippen LogP contribution in [0.15, 0.2) is 206 Å². The van der Waals surface area contributed by atoms with E-state index in [4.69, 9.17) is 0 Å². The van der Waals surface area contributed by atoms with Gasteiger partial charge in [-0.2, -0.15) is 0 Å². The van der Waals surface area contributed by atoms with Gasteiger partial charge in [0, 0.05) is 25.7 Å². The number of thiophene rings is 1. The Labute approximate surface area is 423 Å². The van der Waals surface area contributed by atoms with Gasteiger partial charge in [-0.1, -0.05) is 188 Å². The molecule has 0 bridgehead atoms. The summed E-state index contributed by atoms with van der Waals surface area (Å²) in [4.78, 5) is 0. The van der Waals surface area contributed by atoms with Crippen LogP contribution in [-0.4, -0.2) is 0 Å². The number of hydrogen-bond donors (Lipinski definition) is 0. The van der Waals surface area contributed by atoms with Gasteiger partial charge >= 0.3 is 0 Å². The molecular formula is C72H40S. The molecule has 1 aromatic heterocycles. The molecule has 0 unspecified atom stereocenters. The Balaban J connectivity index is 1.01. The van der Waals surface area contributed by atoms with Gasteiger partial charge in [0.1, 0.15) is 0 Å². The molecule has 0 fully saturated rings. The van der Waals surface area contributed by atoms with Crippen LogP contribution >= 0.6 is 11.3 Å². The van der Waals surface area contributed by atoms with Gasteiger partial charge in [0.25, 0.3) is 0 Å². The summed E-state index contributed by atoms with van der Waals surface area (Å²) in [6.45, 7) is 4.60. The Hall–Kier alpha value is -8.88. The molecule has 73 heavy (non-hydrogen) atoms. The number of fused-ring (bicyclic) bond motifs is 15. The highest BCUT2D eigenvalue weighted by Gasteiger charge is 2.30. The topological polar surface area (TPSA) is 0 Å². The van der Waals surface area contributed by atoms with E-state index in [0.29, 0.717) is 0 Å². The summed E-state index contributed by atoms with van der Waals surface area (Å²) in [7, 11) is 0. The predicted molar refractivity (Wildman–Crippen MR) is 318 cm³/mol. The highest BCUT2D eigenvalue weighted by Crippen LogP contribution is 2.58. The third kappa shape index (κ3) is 4.69. The Bertz CT molecular complexity index is 5110. The van der Waals surface area contributed by atoms with Crippen LogP contribution < -0.4 is 0 Å². The quantitative estimate of drug-likeness (QED) is 0.122. The number of benzene rings is 14. The smallest absolute Gasteiger partial charge is 0.0434 e. The molecule has 334 valence electrons. The van der Waals surface area contributed by atoms with E-state index in [9.17, 15) is 0 Å². The number of rotatable bonds is 3. The summed E-state index contributed by atoms with van der Waals surface area (Å²) in [5, 5.41) is 29.4. The van der Waals surface area contributed by atoms with Crippen molar-refractivity contribution in [2.24, 2.45) is 0 Å². The maximum Gasteiger partial charge on any atom is 0.0434 e. The van der Waals surface area contributed by atoms with Gasteiger partial charge in [0.15, 0.2) is 0 Å². The van der Waals surface area contributed by atoms with Crippen molar-refractivity contribution < 1.29 is 0 Å². The standard InChI is InChI=1S/C72H40S/c1-37-13-3-5-15-39(37)64-60-35-58-46-21-11-20-45-43(54-22-12-23-55-44-19-9-10-24-62(44)73-72(54)55)25-26-53(63(45)46)59(58)36-61(60)65(40-16-6-4-14-38(40)2)71-57-34-32-52-50-30-28-48-42-18-8-7-17-41(42)47-27-29-49(67(50)66(47)48)51-31-33-56(70(64)71)69(57)68(51)52/h3-36H,1-2H3. The molecule has 0 nitrogen and oxygen atoms in total. The van der Waals surface area contributed by atoms with Crippen LogP contribution in [0.2, 0.25) is 0 Å². The fraction of sp³-hybridized carbons (Fsp3) is 0.0278. The highest BCUT2D eigenvalue weighted by atomic mass is 32.1. The van der Waals surface area contributed by atoms with Crippen molar-refractivity contribution in [3.8, 4) is 55.6 Å². The first kappa shape index (κ1) is 38.8. The molecule has 0 atom stereocenters. The molecule has 0 aliphatic heterocycles. The van der Waals surface area contributed by atoms with Crippen LogP contribution in [0.3, 0.4) is 0 Å². The van der Waals surface area contributed by atoms with Gasteiger partial charge in [0.05, 0.1) is 0 Å². The van der Waals surface area contributed by atoms with E-state index >= 15 is 0 Å². The van der Waals surface area contributed by atoms with E-state index in [1.807, 2.05) is 11.3 Å². The minimum absolute atomic E-state index is 1.28. The molecule has 0 saturated carbocycles. The lowest BCUT2D eigenvalue weighted by atomic mass is 9.84. The van der Waals surface area contributed by atoms with Gasteiger partial charge in [-0.05, 0) is 201 Å². The summed E-state index contributed by atoms with van der Waals surface area (Å²) in [6.07, 6.45) is 0. The van der Waals surface area contributed by atoms with Crippen molar-refractivity contribution in [2.45, 2.75) is 13.8 Å². The van der Waals surface area contributed by atoms with E-state index in [2.05, 4.69) is 220 Å². The second-order valence-corrected chi connectivity index (χ2v) is 22.0.